The van der Waals surface area contributed by atoms with Gasteiger partial charge >= 0.3 is 0 Å². The summed E-state index contributed by atoms with van der Waals surface area (Å²) in [6, 6.07) is 14.0. The van der Waals surface area contributed by atoms with E-state index >= 15 is 0 Å². The lowest BCUT2D eigenvalue weighted by Crippen LogP contribution is -2.18. The molecule has 3 rings (SSSR count). The van der Waals surface area contributed by atoms with Crippen LogP contribution in [0, 0.1) is 0 Å². The summed E-state index contributed by atoms with van der Waals surface area (Å²) in [6.07, 6.45) is 0.697. The Bertz CT molecular complexity index is 875. The minimum Gasteiger partial charge on any atom is -0.493 e. The van der Waals surface area contributed by atoms with Crippen LogP contribution in [0.3, 0.4) is 0 Å². The van der Waals surface area contributed by atoms with Gasteiger partial charge in [0.05, 0.1) is 36.8 Å². The Kier molecular flexibility index (Phi) is 4.66. The number of hydrogen-bond donors (Lipinski definition) is 1. The van der Waals surface area contributed by atoms with E-state index in [4.69, 9.17) is 32.4 Å². The first kappa shape index (κ1) is 16.3. The van der Waals surface area contributed by atoms with Gasteiger partial charge < -0.3 is 19.8 Å². The molecule has 0 aliphatic rings. The summed E-state index contributed by atoms with van der Waals surface area (Å²) >= 11 is 5.11. The average molecular weight is 341 g/mol. The molecule has 2 N–H and O–H groups in total. The van der Waals surface area contributed by atoms with Gasteiger partial charge in [-0.05, 0) is 5.56 Å². The van der Waals surface area contributed by atoms with Crippen molar-refractivity contribution in [3.63, 3.8) is 0 Å². The number of nitrogens with two attached hydrogens (primary N) is 1. The van der Waals surface area contributed by atoms with Crippen molar-refractivity contribution in [2.24, 2.45) is 5.73 Å². The van der Waals surface area contributed by atoms with Gasteiger partial charge in [-0.3, -0.25) is 0 Å². The maximum Gasteiger partial charge on any atom is 0.163 e. The largest absolute Gasteiger partial charge is 0.493 e. The van der Waals surface area contributed by atoms with Crippen molar-refractivity contribution in [1.29, 1.82) is 0 Å². The summed E-state index contributed by atoms with van der Waals surface area (Å²) in [7, 11) is 3.23. The highest BCUT2D eigenvalue weighted by Crippen LogP contribution is 2.32. The van der Waals surface area contributed by atoms with E-state index < -0.39 is 0 Å². The smallest absolute Gasteiger partial charge is 0.163 e. The van der Waals surface area contributed by atoms with E-state index in [1.165, 1.54) is 5.56 Å². The third-order valence-corrected chi connectivity index (χ3v) is 3.98. The maximum atomic E-state index is 5.79. The molecule has 24 heavy (non-hydrogen) atoms. The molecule has 124 valence electrons. The SMILES string of the molecule is COc1cc2nc(Cc3ccccc3)n(CC(N)=S)c2cc1OC. The molecule has 0 fully saturated rings. The van der Waals surface area contributed by atoms with Gasteiger partial charge in [-0.15, -0.1) is 0 Å². The molecule has 1 heterocycles. The fourth-order valence-electron chi connectivity index (χ4n) is 2.75. The lowest BCUT2D eigenvalue weighted by molar-refractivity contribution is 0.355. The maximum absolute atomic E-state index is 5.79. The minimum atomic E-state index is 0.415. The number of aromatic nitrogens is 2. The minimum absolute atomic E-state index is 0.415. The van der Waals surface area contributed by atoms with Gasteiger partial charge in [0.15, 0.2) is 11.5 Å². The predicted molar refractivity (Wildman–Crippen MR) is 98.9 cm³/mol. The highest BCUT2D eigenvalue weighted by Gasteiger charge is 2.16. The van der Waals surface area contributed by atoms with Gasteiger partial charge in [-0.25, -0.2) is 4.98 Å². The first-order valence-electron chi connectivity index (χ1n) is 7.55. The molecule has 6 heteroatoms. The van der Waals surface area contributed by atoms with Crippen LogP contribution in [0.2, 0.25) is 0 Å². The Balaban J connectivity index is 2.14. The van der Waals surface area contributed by atoms with Crippen LogP contribution in [0.1, 0.15) is 11.4 Å². The Hall–Kier alpha value is -2.60. The van der Waals surface area contributed by atoms with E-state index in [1.807, 2.05) is 34.9 Å². The molecule has 0 aliphatic carbocycles. The van der Waals surface area contributed by atoms with Crippen LogP contribution in [-0.2, 0) is 13.0 Å². The number of nitrogens with zero attached hydrogens (tertiary/aromatic N) is 2. The van der Waals surface area contributed by atoms with Crippen LogP contribution in [-0.4, -0.2) is 28.8 Å². The topological polar surface area (TPSA) is 62.3 Å². The zero-order valence-corrected chi connectivity index (χ0v) is 14.5. The summed E-state index contributed by atoms with van der Waals surface area (Å²) in [5, 5.41) is 0. The highest BCUT2D eigenvalue weighted by molar-refractivity contribution is 7.80. The molecule has 3 aromatic rings. The number of imidazole rings is 1. The number of methoxy groups -OCH3 is 2. The first-order valence-corrected chi connectivity index (χ1v) is 7.96. The third kappa shape index (κ3) is 3.19. The van der Waals surface area contributed by atoms with Crippen LogP contribution < -0.4 is 15.2 Å². The molecule has 0 bridgehead atoms. The van der Waals surface area contributed by atoms with E-state index in [-0.39, 0.29) is 0 Å². The van der Waals surface area contributed by atoms with Gasteiger partial charge in [0.2, 0.25) is 0 Å². The number of benzene rings is 2. The molecule has 2 aromatic carbocycles. The molecule has 0 radical (unpaired) electrons. The Labute approximate surface area is 146 Å². The van der Waals surface area contributed by atoms with E-state index in [1.54, 1.807) is 14.2 Å². The first-order chi connectivity index (χ1) is 11.6. The van der Waals surface area contributed by atoms with Crippen LogP contribution in [0.4, 0.5) is 0 Å². The Morgan fingerprint density at radius 2 is 1.79 bits per heavy atom. The summed E-state index contributed by atoms with van der Waals surface area (Å²) in [6.45, 7) is 0.434. The van der Waals surface area contributed by atoms with E-state index in [9.17, 15) is 0 Å². The molecule has 0 aliphatic heterocycles. The number of ether oxygens (including phenoxy) is 2. The molecule has 0 saturated carbocycles. The van der Waals surface area contributed by atoms with Crippen molar-refractivity contribution in [3.8, 4) is 11.5 Å². The van der Waals surface area contributed by atoms with Crippen LogP contribution in [0.25, 0.3) is 11.0 Å². The third-order valence-electron chi connectivity index (χ3n) is 3.85. The second kappa shape index (κ2) is 6.88. The number of rotatable bonds is 6. The Morgan fingerprint density at radius 1 is 1.12 bits per heavy atom. The summed E-state index contributed by atoms with van der Waals surface area (Å²) in [5.74, 6) is 2.20. The summed E-state index contributed by atoms with van der Waals surface area (Å²) < 4.78 is 12.8. The molecule has 5 nitrogen and oxygen atoms in total. The molecule has 0 amide bonds. The van der Waals surface area contributed by atoms with Crippen molar-refractivity contribution in [1.82, 2.24) is 9.55 Å². The molecule has 0 spiro atoms. The fourth-order valence-corrected chi connectivity index (χ4v) is 2.88. The molecule has 0 saturated heterocycles. The zero-order valence-electron chi connectivity index (χ0n) is 13.7. The lowest BCUT2D eigenvalue weighted by Gasteiger charge is -2.10. The second-order valence-electron chi connectivity index (χ2n) is 5.44. The quantitative estimate of drug-likeness (QED) is 0.699. The van der Waals surface area contributed by atoms with E-state index in [0.717, 1.165) is 16.9 Å². The van der Waals surface area contributed by atoms with Gasteiger partial charge in [0.25, 0.3) is 0 Å². The van der Waals surface area contributed by atoms with Crippen molar-refractivity contribution in [3.05, 3.63) is 53.9 Å². The normalized spacial score (nSPS) is 10.8. The molecule has 0 unspecified atom stereocenters. The Morgan fingerprint density at radius 3 is 2.42 bits per heavy atom. The molecule has 0 atom stereocenters. The predicted octanol–water partition coefficient (Wildman–Crippen LogP) is 2.93. The van der Waals surface area contributed by atoms with Gasteiger partial charge in [-0.1, -0.05) is 42.5 Å². The second-order valence-corrected chi connectivity index (χ2v) is 5.96. The summed E-state index contributed by atoms with van der Waals surface area (Å²) in [5.41, 5.74) is 8.72. The number of fused-ring (bicyclic) bond motifs is 1. The molecule has 1 aromatic heterocycles. The van der Waals surface area contributed by atoms with Crippen LogP contribution >= 0.6 is 12.2 Å². The average Bonchev–Trinajstić information content (AvgIpc) is 2.90. The van der Waals surface area contributed by atoms with Crippen LogP contribution in [0.15, 0.2) is 42.5 Å². The van der Waals surface area contributed by atoms with Gasteiger partial charge in [0.1, 0.15) is 5.82 Å². The lowest BCUT2D eigenvalue weighted by atomic mass is 10.1. The molecular weight excluding hydrogens is 322 g/mol. The van der Waals surface area contributed by atoms with Crippen molar-refractivity contribution in [2.45, 2.75) is 13.0 Å². The summed E-state index contributed by atoms with van der Waals surface area (Å²) in [4.78, 5) is 5.17. The van der Waals surface area contributed by atoms with Crippen LogP contribution in [0.5, 0.6) is 11.5 Å². The van der Waals surface area contributed by atoms with E-state index in [2.05, 4.69) is 12.1 Å². The number of thiocarbonyl (C=S) groups is 1. The van der Waals surface area contributed by atoms with Crippen molar-refractivity contribution in [2.75, 3.05) is 14.2 Å². The van der Waals surface area contributed by atoms with Gasteiger partial charge in [0, 0.05) is 18.6 Å². The highest BCUT2D eigenvalue weighted by atomic mass is 32.1. The van der Waals surface area contributed by atoms with E-state index in [0.29, 0.717) is 29.5 Å². The van der Waals surface area contributed by atoms with Gasteiger partial charge in [-0.2, -0.15) is 0 Å². The fraction of sp³-hybridized carbons (Fsp3) is 0.222. The monoisotopic (exact) mass is 341 g/mol. The van der Waals surface area contributed by atoms with Crippen molar-refractivity contribution < 1.29 is 9.47 Å². The molecular formula is C18H19N3O2S. The standard InChI is InChI=1S/C18H19N3O2S/c1-22-15-9-13-14(10-16(15)23-2)21(11-17(19)24)18(20-13)8-12-6-4-3-5-7-12/h3-7,9-10H,8,11H2,1-2H3,(H2,19,24). The zero-order chi connectivity index (χ0) is 17.1. The number of hydrogen-bond acceptors (Lipinski definition) is 4. The van der Waals surface area contributed by atoms with Crippen molar-refractivity contribution >= 4 is 28.2 Å².